The lowest BCUT2D eigenvalue weighted by atomic mass is 10.1. The number of anilines is 2. The smallest absolute Gasteiger partial charge is 0.157 e. The van der Waals surface area contributed by atoms with E-state index in [4.69, 9.17) is 23.2 Å². The minimum Gasteiger partial charge on any atom is -0.506 e. The fourth-order valence-electron chi connectivity index (χ4n) is 3.04. The first kappa shape index (κ1) is 20.2. The van der Waals surface area contributed by atoms with Gasteiger partial charge in [-0.15, -0.1) is 0 Å². The lowest BCUT2D eigenvalue weighted by molar-refractivity contribution is 0.473. The second kappa shape index (κ2) is 8.63. The molecule has 0 heterocycles. The summed E-state index contributed by atoms with van der Waals surface area (Å²) in [7, 11) is 0. The van der Waals surface area contributed by atoms with Crippen molar-refractivity contribution < 1.29 is 10.2 Å². The van der Waals surface area contributed by atoms with E-state index in [0.717, 1.165) is 27.9 Å². The number of benzene rings is 3. The van der Waals surface area contributed by atoms with Gasteiger partial charge in [0.05, 0.1) is 16.4 Å². The molecule has 0 aromatic heterocycles. The minimum atomic E-state index is -0.0193. The van der Waals surface area contributed by atoms with E-state index in [1.54, 1.807) is 6.07 Å². The average Bonchev–Trinajstić information content (AvgIpc) is 2.65. The van der Waals surface area contributed by atoms with Crippen molar-refractivity contribution in [3.63, 3.8) is 0 Å². The Kier molecular flexibility index (Phi) is 6.22. The Bertz CT molecular complexity index is 929. The Hall–Kier alpha value is -2.56. The van der Waals surface area contributed by atoms with Crippen LogP contribution in [0.1, 0.15) is 22.3 Å². The lowest BCUT2D eigenvalue weighted by Gasteiger charge is -2.13. The van der Waals surface area contributed by atoms with Crippen LogP contribution in [0.5, 0.6) is 11.5 Å². The lowest BCUT2D eigenvalue weighted by Crippen LogP contribution is -2.03. The normalized spacial score (nSPS) is 10.7. The van der Waals surface area contributed by atoms with Crippen LogP contribution in [-0.2, 0) is 13.1 Å². The summed E-state index contributed by atoms with van der Waals surface area (Å²) in [5.41, 5.74) is 5.27. The van der Waals surface area contributed by atoms with Crippen LogP contribution in [0.2, 0.25) is 10.0 Å². The Balaban J connectivity index is 1.68. The molecule has 3 rings (SSSR count). The summed E-state index contributed by atoms with van der Waals surface area (Å²) in [4.78, 5) is 0. The van der Waals surface area contributed by atoms with E-state index in [0.29, 0.717) is 23.8 Å². The molecule has 0 saturated carbocycles. The van der Waals surface area contributed by atoms with Crippen molar-refractivity contribution in [3.05, 3.63) is 80.8 Å². The number of aromatic hydroxyl groups is 2. The molecule has 0 fully saturated rings. The molecule has 0 unspecified atom stereocenters. The van der Waals surface area contributed by atoms with Crippen LogP contribution in [0.4, 0.5) is 11.4 Å². The van der Waals surface area contributed by atoms with Crippen molar-refractivity contribution in [1.29, 1.82) is 0 Å². The zero-order valence-electron chi connectivity index (χ0n) is 15.7. The van der Waals surface area contributed by atoms with E-state index in [-0.39, 0.29) is 16.5 Å². The number of hydrogen-bond acceptors (Lipinski definition) is 4. The van der Waals surface area contributed by atoms with Crippen molar-refractivity contribution in [2.75, 3.05) is 10.6 Å². The van der Waals surface area contributed by atoms with Gasteiger partial charge in [0.15, 0.2) is 5.75 Å². The van der Waals surface area contributed by atoms with Gasteiger partial charge in [0.25, 0.3) is 0 Å². The van der Waals surface area contributed by atoms with Crippen molar-refractivity contribution in [2.45, 2.75) is 26.9 Å². The molecular weight excluding hydrogens is 395 g/mol. The maximum absolute atomic E-state index is 10.2. The van der Waals surface area contributed by atoms with E-state index < -0.39 is 0 Å². The minimum absolute atomic E-state index is 0.0193. The van der Waals surface area contributed by atoms with Gasteiger partial charge in [-0.1, -0.05) is 53.5 Å². The van der Waals surface area contributed by atoms with Crippen molar-refractivity contribution >= 4 is 34.6 Å². The Morgan fingerprint density at radius 3 is 2.04 bits per heavy atom. The number of rotatable bonds is 6. The second-order valence-electron chi connectivity index (χ2n) is 6.79. The summed E-state index contributed by atoms with van der Waals surface area (Å²) in [6.07, 6.45) is 0. The monoisotopic (exact) mass is 416 g/mol. The molecule has 3 aromatic carbocycles. The van der Waals surface area contributed by atoms with Gasteiger partial charge in [-0.05, 0) is 54.3 Å². The number of phenolic OH excluding ortho intramolecular Hbond substituents is 2. The highest BCUT2D eigenvalue weighted by Gasteiger charge is 2.08. The number of aryl methyl sites for hydroxylation is 2. The number of phenols is 2. The predicted octanol–water partition coefficient (Wildman–Crippen LogP) is 6.25. The van der Waals surface area contributed by atoms with E-state index in [2.05, 4.69) is 16.7 Å². The number of nitrogens with one attached hydrogen (secondary N) is 2. The Morgan fingerprint density at radius 1 is 0.786 bits per heavy atom. The van der Waals surface area contributed by atoms with Gasteiger partial charge in [-0.2, -0.15) is 0 Å². The Labute approximate surface area is 174 Å². The van der Waals surface area contributed by atoms with Gasteiger partial charge in [0.2, 0.25) is 0 Å². The van der Waals surface area contributed by atoms with Crippen LogP contribution in [0.15, 0.2) is 48.5 Å². The maximum Gasteiger partial charge on any atom is 0.157 e. The van der Waals surface area contributed by atoms with Crippen molar-refractivity contribution in [3.8, 4) is 11.5 Å². The summed E-state index contributed by atoms with van der Waals surface area (Å²) >= 11 is 12.0. The molecule has 0 spiro atoms. The second-order valence-corrected chi connectivity index (χ2v) is 7.63. The van der Waals surface area contributed by atoms with Crippen LogP contribution in [0, 0.1) is 13.8 Å². The van der Waals surface area contributed by atoms with Gasteiger partial charge in [0, 0.05) is 18.1 Å². The molecule has 146 valence electrons. The highest BCUT2D eigenvalue weighted by atomic mass is 35.5. The van der Waals surface area contributed by atoms with Crippen LogP contribution >= 0.6 is 23.2 Å². The highest BCUT2D eigenvalue weighted by Crippen LogP contribution is 2.35. The molecule has 0 aliphatic heterocycles. The third-order valence-corrected chi connectivity index (χ3v) is 4.94. The molecule has 0 amide bonds. The van der Waals surface area contributed by atoms with Gasteiger partial charge in [0.1, 0.15) is 5.75 Å². The molecule has 0 radical (unpaired) electrons. The average molecular weight is 417 g/mol. The molecule has 3 aromatic rings. The Morgan fingerprint density at radius 2 is 1.39 bits per heavy atom. The first-order valence-corrected chi connectivity index (χ1v) is 9.63. The third kappa shape index (κ3) is 4.83. The van der Waals surface area contributed by atoms with Crippen LogP contribution in [-0.4, -0.2) is 10.2 Å². The van der Waals surface area contributed by atoms with Crippen molar-refractivity contribution in [1.82, 2.24) is 0 Å². The summed E-state index contributed by atoms with van der Waals surface area (Å²) in [5.74, 6) is 0.255. The zero-order chi connectivity index (χ0) is 20.3. The molecule has 0 aliphatic carbocycles. The van der Waals surface area contributed by atoms with Gasteiger partial charge < -0.3 is 20.8 Å². The van der Waals surface area contributed by atoms with Crippen LogP contribution < -0.4 is 10.6 Å². The number of halogens is 2. The fraction of sp³-hybridized carbons (Fsp3) is 0.182. The summed E-state index contributed by atoms with van der Waals surface area (Å²) in [6, 6.07) is 15.1. The molecule has 6 heteroatoms. The van der Waals surface area contributed by atoms with Gasteiger partial charge in [-0.25, -0.2) is 0 Å². The zero-order valence-corrected chi connectivity index (χ0v) is 17.2. The number of hydrogen-bond donors (Lipinski definition) is 4. The van der Waals surface area contributed by atoms with E-state index in [9.17, 15) is 10.2 Å². The third-order valence-electron chi connectivity index (χ3n) is 4.43. The molecule has 0 saturated heterocycles. The fourth-order valence-corrected chi connectivity index (χ4v) is 3.53. The molecule has 0 atom stereocenters. The molecular formula is C22H22Cl2N2O2. The first-order chi connectivity index (χ1) is 13.3. The molecule has 4 nitrogen and oxygen atoms in total. The van der Waals surface area contributed by atoms with Crippen molar-refractivity contribution in [2.24, 2.45) is 0 Å². The van der Waals surface area contributed by atoms with E-state index >= 15 is 0 Å². The summed E-state index contributed by atoms with van der Waals surface area (Å²) in [6.45, 7) is 4.98. The van der Waals surface area contributed by atoms with E-state index in [1.807, 2.05) is 44.2 Å². The SMILES string of the molecule is Cc1cc(C)c(O)c(NCc2cccc(CNc3cc(Cl)cc(Cl)c3O)c2)c1. The van der Waals surface area contributed by atoms with E-state index in [1.165, 1.54) is 6.07 Å². The topological polar surface area (TPSA) is 64.5 Å². The molecule has 0 aliphatic rings. The largest absolute Gasteiger partial charge is 0.506 e. The molecule has 28 heavy (non-hydrogen) atoms. The quantitative estimate of drug-likeness (QED) is 0.358. The molecule has 0 bridgehead atoms. The van der Waals surface area contributed by atoms with Crippen LogP contribution in [0.25, 0.3) is 0 Å². The summed E-state index contributed by atoms with van der Waals surface area (Å²) in [5, 5.41) is 27.4. The van der Waals surface area contributed by atoms with Gasteiger partial charge in [-0.3, -0.25) is 0 Å². The maximum atomic E-state index is 10.2. The highest BCUT2D eigenvalue weighted by molar-refractivity contribution is 6.36. The standard InChI is InChI=1S/C22H22Cl2N2O2/c1-13-6-14(2)21(27)19(7-13)25-11-15-4-3-5-16(8-15)12-26-20-10-17(23)9-18(24)22(20)28/h3-10,25-28H,11-12H2,1-2H3. The molecule has 4 N–H and O–H groups in total. The predicted molar refractivity (Wildman–Crippen MR) is 117 cm³/mol. The van der Waals surface area contributed by atoms with Gasteiger partial charge >= 0.3 is 0 Å². The first-order valence-electron chi connectivity index (χ1n) is 8.87. The summed E-state index contributed by atoms with van der Waals surface area (Å²) < 4.78 is 0. The van der Waals surface area contributed by atoms with Crippen LogP contribution in [0.3, 0.4) is 0 Å².